The summed E-state index contributed by atoms with van der Waals surface area (Å²) < 4.78 is 10.4. The third-order valence-electron chi connectivity index (χ3n) is 2.90. The molecule has 0 spiro atoms. The van der Waals surface area contributed by atoms with E-state index in [2.05, 4.69) is 20.6 Å². The highest BCUT2D eigenvalue weighted by Gasteiger charge is 2.00. The Labute approximate surface area is 127 Å². The zero-order valence-electron chi connectivity index (χ0n) is 13.2. The lowest BCUT2D eigenvalue weighted by Crippen LogP contribution is -2.37. The monoisotopic (exact) mass is 294 g/mol. The molecule has 0 fully saturated rings. The van der Waals surface area contributed by atoms with Crippen molar-refractivity contribution in [2.24, 2.45) is 4.99 Å². The highest BCUT2D eigenvalue weighted by Crippen LogP contribution is 2.07. The van der Waals surface area contributed by atoms with Crippen LogP contribution in [0.4, 0.5) is 0 Å². The molecule has 21 heavy (non-hydrogen) atoms. The largest absolute Gasteiger partial charge is 0.481 e. The molecule has 0 saturated heterocycles. The van der Waals surface area contributed by atoms with Crippen molar-refractivity contribution in [1.29, 1.82) is 0 Å². The molecular weight excluding hydrogens is 268 g/mol. The molecule has 0 bridgehead atoms. The second-order valence-corrected chi connectivity index (χ2v) is 4.46. The molecular formula is C15H26N4O2. The maximum Gasteiger partial charge on any atom is 0.213 e. The summed E-state index contributed by atoms with van der Waals surface area (Å²) in [7, 11) is 3.38. The Morgan fingerprint density at radius 2 is 2.19 bits per heavy atom. The van der Waals surface area contributed by atoms with E-state index in [1.165, 1.54) is 0 Å². The van der Waals surface area contributed by atoms with Gasteiger partial charge in [-0.15, -0.1) is 0 Å². The molecule has 2 N–H and O–H groups in total. The van der Waals surface area contributed by atoms with Crippen LogP contribution in [0, 0.1) is 0 Å². The summed E-state index contributed by atoms with van der Waals surface area (Å²) in [5.74, 6) is 1.41. The van der Waals surface area contributed by atoms with Gasteiger partial charge in [-0.2, -0.15) is 0 Å². The number of ether oxygens (including phenoxy) is 2. The van der Waals surface area contributed by atoms with Crippen LogP contribution in [0.1, 0.15) is 25.3 Å². The van der Waals surface area contributed by atoms with Crippen molar-refractivity contribution in [2.75, 3.05) is 33.9 Å². The van der Waals surface area contributed by atoms with Crippen molar-refractivity contribution < 1.29 is 9.47 Å². The number of nitrogens with one attached hydrogen (secondary N) is 2. The molecule has 0 aromatic carbocycles. The minimum atomic E-state index is 0.619. The lowest BCUT2D eigenvalue weighted by Gasteiger charge is -2.12. The molecule has 0 aliphatic rings. The minimum Gasteiger partial charge on any atom is -0.481 e. The predicted molar refractivity (Wildman–Crippen MR) is 84.7 cm³/mol. The molecule has 0 radical (unpaired) electrons. The Hall–Kier alpha value is -1.82. The number of aliphatic imine (C=N–C) groups is 1. The topological polar surface area (TPSA) is 67.8 Å². The van der Waals surface area contributed by atoms with Crippen LogP contribution in [0.25, 0.3) is 0 Å². The number of guanidine groups is 1. The van der Waals surface area contributed by atoms with E-state index in [4.69, 9.17) is 9.47 Å². The number of nitrogens with zero attached hydrogens (tertiary/aromatic N) is 2. The number of methoxy groups -OCH3 is 1. The number of hydrogen-bond acceptors (Lipinski definition) is 4. The van der Waals surface area contributed by atoms with Gasteiger partial charge in [0.05, 0.1) is 7.11 Å². The molecule has 0 amide bonds. The van der Waals surface area contributed by atoms with Crippen molar-refractivity contribution in [2.45, 2.75) is 26.3 Å². The summed E-state index contributed by atoms with van der Waals surface area (Å²) in [6, 6.07) is 3.85. The summed E-state index contributed by atoms with van der Waals surface area (Å²) in [6.45, 7) is 5.18. The predicted octanol–water partition coefficient (Wildman–Crippen LogP) is 1.57. The van der Waals surface area contributed by atoms with E-state index in [1.54, 1.807) is 20.4 Å². The zero-order chi connectivity index (χ0) is 15.3. The van der Waals surface area contributed by atoms with Crippen LogP contribution in [0.2, 0.25) is 0 Å². The van der Waals surface area contributed by atoms with E-state index in [-0.39, 0.29) is 0 Å². The lowest BCUT2D eigenvalue weighted by molar-refractivity contribution is 0.143. The van der Waals surface area contributed by atoms with Gasteiger partial charge in [-0.05, 0) is 31.4 Å². The molecule has 1 rings (SSSR count). The first-order chi connectivity index (χ1) is 10.3. The van der Waals surface area contributed by atoms with Crippen molar-refractivity contribution in [1.82, 2.24) is 15.6 Å². The van der Waals surface area contributed by atoms with E-state index in [0.29, 0.717) is 12.4 Å². The third kappa shape index (κ3) is 7.51. The average Bonchev–Trinajstić information content (AvgIpc) is 2.53. The molecule has 1 aromatic heterocycles. The van der Waals surface area contributed by atoms with Gasteiger partial charge < -0.3 is 20.1 Å². The molecule has 0 aliphatic heterocycles. The highest BCUT2D eigenvalue weighted by molar-refractivity contribution is 5.79. The van der Waals surface area contributed by atoms with Crippen molar-refractivity contribution in [3.05, 3.63) is 23.9 Å². The van der Waals surface area contributed by atoms with Gasteiger partial charge in [0.2, 0.25) is 5.88 Å². The van der Waals surface area contributed by atoms with Crippen molar-refractivity contribution in [3.63, 3.8) is 0 Å². The van der Waals surface area contributed by atoms with Gasteiger partial charge in [-0.25, -0.2) is 4.98 Å². The lowest BCUT2D eigenvalue weighted by atomic mass is 10.2. The van der Waals surface area contributed by atoms with E-state index in [9.17, 15) is 0 Å². The Kier molecular flexibility index (Phi) is 8.95. The SMILES string of the molecule is CCOCCCCNC(=NC)NCc1ccnc(OC)c1. The smallest absolute Gasteiger partial charge is 0.213 e. The maximum atomic E-state index is 5.30. The number of rotatable bonds is 9. The van der Waals surface area contributed by atoms with Crippen LogP contribution in [0.3, 0.4) is 0 Å². The summed E-state index contributed by atoms with van der Waals surface area (Å²) in [5, 5.41) is 6.55. The number of hydrogen-bond donors (Lipinski definition) is 2. The van der Waals surface area contributed by atoms with E-state index < -0.39 is 0 Å². The molecule has 0 aliphatic carbocycles. The minimum absolute atomic E-state index is 0.619. The highest BCUT2D eigenvalue weighted by atomic mass is 16.5. The average molecular weight is 294 g/mol. The van der Waals surface area contributed by atoms with Crippen LogP contribution in [0.5, 0.6) is 5.88 Å². The van der Waals surface area contributed by atoms with Crippen molar-refractivity contribution >= 4 is 5.96 Å². The third-order valence-corrected chi connectivity index (χ3v) is 2.90. The van der Waals surface area contributed by atoms with Gasteiger partial charge in [-0.1, -0.05) is 0 Å². The Balaban J connectivity index is 2.24. The molecule has 0 atom stereocenters. The van der Waals surface area contributed by atoms with Crippen LogP contribution in [0.15, 0.2) is 23.3 Å². The van der Waals surface area contributed by atoms with E-state index >= 15 is 0 Å². The van der Waals surface area contributed by atoms with E-state index in [0.717, 1.165) is 44.1 Å². The fourth-order valence-electron chi connectivity index (χ4n) is 1.76. The molecule has 0 unspecified atom stereocenters. The normalized spacial score (nSPS) is 11.3. The van der Waals surface area contributed by atoms with Gasteiger partial charge in [0, 0.05) is 45.6 Å². The van der Waals surface area contributed by atoms with Crippen LogP contribution >= 0.6 is 0 Å². The first-order valence-corrected chi connectivity index (χ1v) is 7.31. The fraction of sp³-hybridized carbons (Fsp3) is 0.600. The summed E-state index contributed by atoms with van der Waals surface area (Å²) >= 11 is 0. The summed E-state index contributed by atoms with van der Waals surface area (Å²) in [5.41, 5.74) is 1.10. The van der Waals surface area contributed by atoms with Crippen LogP contribution < -0.4 is 15.4 Å². The molecule has 1 heterocycles. The zero-order valence-corrected chi connectivity index (χ0v) is 13.2. The Morgan fingerprint density at radius 3 is 2.90 bits per heavy atom. The molecule has 6 heteroatoms. The summed E-state index contributed by atoms with van der Waals surface area (Å²) in [6.07, 6.45) is 3.85. The second kappa shape index (κ2) is 10.9. The van der Waals surface area contributed by atoms with Crippen LogP contribution in [-0.2, 0) is 11.3 Å². The number of aromatic nitrogens is 1. The molecule has 0 saturated carbocycles. The van der Waals surface area contributed by atoms with E-state index in [1.807, 2.05) is 19.1 Å². The van der Waals surface area contributed by atoms with Gasteiger partial charge >= 0.3 is 0 Å². The van der Waals surface area contributed by atoms with Gasteiger partial charge in [0.25, 0.3) is 0 Å². The first-order valence-electron chi connectivity index (χ1n) is 7.31. The Bertz CT molecular complexity index is 424. The quantitative estimate of drug-likeness (QED) is 0.411. The maximum absolute atomic E-state index is 5.30. The van der Waals surface area contributed by atoms with Gasteiger partial charge in [0.1, 0.15) is 0 Å². The van der Waals surface area contributed by atoms with Gasteiger partial charge in [0.15, 0.2) is 5.96 Å². The first kappa shape index (κ1) is 17.2. The standard InChI is InChI=1S/C15H26N4O2/c1-4-21-10-6-5-8-18-15(16-2)19-12-13-7-9-17-14(11-13)20-3/h7,9,11H,4-6,8,10,12H2,1-3H3,(H2,16,18,19). The molecule has 6 nitrogen and oxygen atoms in total. The number of pyridine rings is 1. The second-order valence-electron chi connectivity index (χ2n) is 4.46. The fourth-order valence-corrected chi connectivity index (χ4v) is 1.76. The molecule has 118 valence electrons. The Morgan fingerprint density at radius 1 is 1.33 bits per heavy atom. The summed E-state index contributed by atoms with van der Waals surface area (Å²) in [4.78, 5) is 8.28. The number of unbranched alkanes of at least 4 members (excludes halogenated alkanes) is 1. The van der Waals surface area contributed by atoms with Crippen LogP contribution in [-0.4, -0.2) is 44.9 Å². The van der Waals surface area contributed by atoms with Gasteiger partial charge in [-0.3, -0.25) is 4.99 Å². The molecule has 1 aromatic rings. The van der Waals surface area contributed by atoms with Crippen molar-refractivity contribution in [3.8, 4) is 5.88 Å².